The molecule has 7 heteroatoms. The average Bonchev–Trinajstić information content (AvgIpc) is 2.33. The van der Waals surface area contributed by atoms with Crippen molar-refractivity contribution in [3.8, 4) is 0 Å². The molecule has 0 spiro atoms. The number of pyridine rings is 1. The third-order valence-corrected chi connectivity index (χ3v) is 2.72. The molecule has 1 rings (SSSR count). The molecule has 1 heterocycles. The molecule has 0 aromatic carbocycles. The maximum atomic E-state index is 11.8. The maximum Gasteiger partial charge on any atom is 0.328 e. The van der Waals surface area contributed by atoms with Crippen molar-refractivity contribution < 1.29 is 14.5 Å². The average molecular weight is 254 g/mol. The van der Waals surface area contributed by atoms with Crippen LogP contribution in [0, 0.1) is 17.0 Å². The monoisotopic (exact) mass is 254 g/mol. The first-order chi connectivity index (χ1) is 8.43. The van der Waals surface area contributed by atoms with E-state index in [9.17, 15) is 19.7 Å². The fourth-order valence-electron chi connectivity index (χ4n) is 1.81. The predicted octanol–water partition coefficient (Wildman–Crippen LogP) is 1.19. The summed E-state index contributed by atoms with van der Waals surface area (Å²) in [6.07, 6.45) is 0.314. The number of nitro groups is 1. The number of carbonyl (C=O) groups is 1. The molecule has 7 nitrogen and oxygen atoms in total. The third kappa shape index (κ3) is 2.39. The predicted molar refractivity (Wildman–Crippen MR) is 63.4 cm³/mol. The Hall–Kier alpha value is -2.18. The van der Waals surface area contributed by atoms with Gasteiger partial charge >= 0.3 is 5.97 Å². The molecular formula is C11H14N2O5. The number of aromatic nitrogens is 1. The molecule has 0 aliphatic carbocycles. The van der Waals surface area contributed by atoms with Crippen molar-refractivity contribution in [1.82, 2.24) is 4.57 Å². The SMILES string of the molecule is CCC(C(=O)OC)n1c(C)c([N+](=O)[O-])ccc1=O. The minimum Gasteiger partial charge on any atom is -0.467 e. The summed E-state index contributed by atoms with van der Waals surface area (Å²) < 4.78 is 5.70. The van der Waals surface area contributed by atoms with Gasteiger partial charge in [-0.25, -0.2) is 4.79 Å². The van der Waals surface area contributed by atoms with Gasteiger partial charge in [0.05, 0.1) is 17.7 Å². The van der Waals surface area contributed by atoms with E-state index < -0.39 is 22.5 Å². The van der Waals surface area contributed by atoms with Crippen LogP contribution in [0.15, 0.2) is 16.9 Å². The Balaban J connectivity index is 3.47. The van der Waals surface area contributed by atoms with Gasteiger partial charge in [-0.2, -0.15) is 0 Å². The number of hydrogen-bond acceptors (Lipinski definition) is 5. The smallest absolute Gasteiger partial charge is 0.328 e. The number of methoxy groups -OCH3 is 1. The molecule has 98 valence electrons. The number of ether oxygens (including phenoxy) is 1. The summed E-state index contributed by atoms with van der Waals surface area (Å²) in [6, 6.07) is 1.37. The molecule has 0 radical (unpaired) electrons. The highest BCUT2D eigenvalue weighted by molar-refractivity contribution is 5.74. The molecule has 18 heavy (non-hydrogen) atoms. The summed E-state index contributed by atoms with van der Waals surface area (Å²) in [4.78, 5) is 33.6. The Morgan fingerprint density at radius 2 is 2.17 bits per heavy atom. The van der Waals surface area contributed by atoms with Crippen molar-refractivity contribution in [2.75, 3.05) is 7.11 Å². The highest BCUT2D eigenvalue weighted by Crippen LogP contribution is 2.20. The number of carbonyl (C=O) groups excluding carboxylic acids is 1. The van der Waals surface area contributed by atoms with E-state index in [-0.39, 0.29) is 11.4 Å². The summed E-state index contributed by atoms with van der Waals surface area (Å²) in [7, 11) is 1.21. The van der Waals surface area contributed by atoms with Crippen LogP contribution in [0.5, 0.6) is 0 Å². The Kier molecular flexibility index (Phi) is 4.19. The quantitative estimate of drug-likeness (QED) is 0.457. The lowest BCUT2D eigenvalue weighted by Crippen LogP contribution is -2.31. The van der Waals surface area contributed by atoms with Crippen LogP contribution in [0.3, 0.4) is 0 Å². The lowest BCUT2D eigenvalue weighted by atomic mass is 10.2. The van der Waals surface area contributed by atoms with Crippen LogP contribution in [0.2, 0.25) is 0 Å². The summed E-state index contributed by atoms with van der Waals surface area (Å²) in [5.74, 6) is -0.594. The summed E-state index contributed by atoms with van der Waals surface area (Å²) in [6.45, 7) is 3.14. The zero-order valence-corrected chi connectivity index (χ0v) is 10.4. The fraction of sp³-hybridized carbons (Fsp3) is 0.455. The molecule has 1 aromatic rings. The van der Waals surface area contributed by atoms with Gasteiger partial charge in [0.2, 0.25) is 0 Å². The number of hydrogen-bond donors (Lipinski definition) is 0. The van der Waals surface area contributed by atoms with E-state index >= 15 is 0 Å². The molecule has 0 aliphatic heterocycles. The Labute approximate surface area is 103 Å². The van der Waals surface area contributed by atoms with Gasteiger partial charge in [0.25, 0.3) is 11.2 Å². The zero-order chi connectivity index (χ0) is 13.9. The lowest BCUT2D eigenvalue weighted by molar-refractivity contribution is -0.386. The lowest BCUT2D eigenvalue weighted by Gasteiger charge is -2.17. The van der Waals surface area contributed by atoms with Crippen molar-refractivity contribution in [3.05, 3.63) is 38.3 Å². The molecule has 0 saturated heterocycles. The Morgan fingerprint density at radius 1 is 1.56 bits per heavy atom. The first-order valence-electron chi connectivity index (χ1n) is 5.38. The van der Waals surface area contributed by atoms with Crippen LogP contribution in [0.4, 0.5) is 5.69 Å². The van der Waals surface area contributed by atoms with Gasteiger partial charge in [-0.15, -0.1) is 0 Å². The van der Waals surface area contributed by atoms with E-state index in [2.05, 4.69) is 4.74 Å². The minimum atomic E-state index is -0.845. The molecule has 0 N–H and O–H groups in total. The molecule has 0 bridgehead atoms. The molecule has 0 amide bonds. The van der Waals surface area contributed by atoms with Gasteiger partial charge in [0.15, 0.2) is 0 Å². The molecule has 0 fully saturated rings. The summed E-state index contributed by atoms with van der Waals surface area (Å²) >= 11 is 0. The van der Waals surface area contributed by atoms with Crippen LogP contribution >= 0.6 is 0 Å². The second-order valence-electron chi connectivity index (χ2n) is 3.72. The van der Waals surface area contributed by atoms with Crippen molar-refractivity contribution in [3.63, 3.8) is 0 Å². The second-order valence-corrected chi connectivity index (χ2v) is 3.72. The van der Waals surface area contributed by atoms with Gasteiger partial charge in [-0.05, 0) is 13.3 Å². The molecule has 1 atom stereocenters. The molecular weight excluding hydrogens is 240 g/mol. The van der Waals surface area contributed by atoms with Crippen LogP contribution in [-0.4, -0.2) is 22.6 Å². The fourth-order valence-corrected chi connectivity index (χ4v) is 1.81. The second kappa shape index (κ2) is 5.44. The van der Waals surface area contributed by atoms with Crippen molar-refractivity contribution in [2.45, 2.75) is 26.3 Å². The number of nitrogens with zero attached hydrogens (tertiary/aromatic N) is 2. The summed E-state index contributed by atoms with van der Waals surface area (Å²) in [5, 5.41) is 10.8. The Morgan fingerprint density at radius 3 is 2.61 bits per heavy atom. The van der Waals surface area contributed by atoms with Gasteiger partial charge in [-0.3, -0.25) is 19.5 Å². The van der Waals surface area contributed by atoms with Crippen LogP contribution in [0.25, 0.3) is 0 Å². The van der Waals surface area contributed by atoms with Crippen LogP contribution in [-0.2, 0) is 9.53 Å². The highest BCUT2D eigenvalue weighted by atomic mass is 16.6. The molecule has 0 aliphatic rings. The van der Waals surface area contributed by atoms with Crippen molar-refractivity contribution in [2.24, 2.45) is 0 Å². The highest BCUT2D eigenvalue weighted by Gasteiger charge is 2.25. The molecule has 1 unspecified atom stereocenters. The van der Waals surface area contributed by atoms with Gasteiger partial charge in [0, 0.05) is 12.1 Å². The zero-order valence-electron chi connectivity index (χ0n) is 10.4. The van der Waals surface area contributed by atoms with E-state index in [0.717, 1.165) is 16.7 Å². The standard InChI is InChI=1S/C11H14N2O5/c1-4-8(11(15)18-3)12-7(2)9(13(16)17)5-6-10(12)14/h5-6,8H,4H2,1-3H3. The van der Waals surface area contributed by atoms with Gasteiger partial charge in [0.1, 0.15) is 6.04 Å². The van der Waals surface area contributed by atoms with Crippen molar-refractivity contribution >= 4 is 11.7 Å². The van der Waals surface area contributed by atoms with Crippen LogP contribution in [0.1, 0.15) is 25.1 Å². The van der Waals surface area contributed by atoms with E-state index in [0.29, 0.717) is 6.42 Å². The topological polar surface area (TPSA) is 91.4 Å². The minimum absolute atomic E-state index is 0.143. The normalized spacial score (nSPS) is 11.9. The van der Waals surface area contributed by atoms with E-state index in [1.165, 1.54) is 14.0 Å². The van der Waals surface area contributed by atoms with Gasteiger partial charge in [-0.1, -0.05) is 6.92 Å². The maximum absolute atomic E-state index is 11.8. The van der Waals surface area contributed by atoms with E-state index in [1.54, 1.807) is 6.92 Å². The van der Waals surface area contributed by atoms with Crippen molar-refractivity contribution in [1.29, 1.82) is 0 Å². The van der Waals surface area contributed by atoms with E-state index in [4.69, 9.17) is 0 Å². The largest absolute Gasteiger partial charge is 0.467 e. The van der Waals surface area contributed by atoms with Crippen LogP contribution < -0.4 is 5.56 Å². The molecule has 0 saturated carbocycles. The number of esters is 1. The van der Waals surface area contributed by atoms with E-state index in [1.807, 2.05) is 0 Å². The Bertz CT molecular complexity index is 535. The first kappa shape index (κ1) is 13.9. The number of rotatable bonds is 4. The third-order valence-electron chi connectivity index (χ3n) is 2.72. The summed E-state index contributed by atoms with van der Waals surface area (Å²) in [5.41, 5.74) is -0.517. The first-order valence-corrected chi connectivity index (χ1v) is 5.38. The molecule has 1 aromatic heterocycles. The van der Waals surface area contributed by atoms with Gasteiger partial charge < -0.3 is 4.74 Å².